The lowest BCUT2D eigenvalue weighted by Crippen LogP contribution is -2.63. The molecule has 4 saturated carbocycles. The molecule has 10 aliphatic rings. The second-order valence-corrected chi connectivity index (χ2v) is 19.4. The number of halogens is 3. The summed E-state index contributed by atoms with van der Waals surface area (Å²) < 4.78 is 34.9. The Morgan fingerprint density at radius 3 is 1.78 bits per heavy atom. The van der Waals surface area contributed by atoms with Gasteiger partial charge in [-0.05, 0) is 161 Å². The van der Waals surface area contributed by atoms with Gasteiger partial charge in [-0.1, -0.05) is 35.6 Å². The van der Waals surface area contributed by atoms with E-state index in [4.69, 9.17) is 10.5 Å². The van der Waals surface area contributed by atoms with Crippen molar-refractivity contribution in [2.24, 2.45) is 23.5 Å². The van der Waals surface area contributed by atoms with E-state index in [9.17, 15) is 18.4 Å². The first kappa shape index (κ1) is 37.1. The van der Waals surface area contributed by atoms with Crippen molar-refractivity contribution < 1.29 is 23.1 Å². The van der Waals surface area contributed by atoms with Crippen molar-refractivity contribution in [3.63, 3.8) is 0 Å². The summed E-state index contributed by atoms with van der Waals surface area (Å²) in [6.45, 7) is 5.49. The molecule has 0 radical (unpaired) electrons. The van der Waals surface area contributed by atoms with Gasteiger partial charge in [0, 0.05) is 29.6 Å². The molecule has 288 valence electrons. The molecule has 2 atom stereocenters. The molecule has 8 heterocycles. The van der Waals surface area contributed by atoms with Gasteiger partial charge in [0.05, 0.1) is 14.3 Å². The highest BCUT2D eigenvalue weighted by Gasteiger charge is 2.60. The average molecular weight is 794 g/mol. The van der Waals surface area contributed by atoms with Crippen LogP contribution in [0.4, 0.5) is 8.78 Å². The summed E-state index contributed by atoms with van der Waals surface area (Å²) in [7, 11) is 0. The second kappa shape index (κ2) is 14.2. The van der Waals surface area contributed by atoms with E-state index >= 15 is 0 Å². The Kier molecular flexibility index (Phi) is 9.74. The van der Waals surface area contributed by atoms with Crippen LogP contribution < -0.4 is 10.5 Å². The average Bonchev–Trinajstić information content (AvgIpc) is 3.96. The van der Waals surface area contributed by atoms with Gasteiger partial charge in [-0.25, -0.2) is 8.78 Å². The van der Waals surface area contributed by atoms with Gasteiger partial charge in [0.2, 0.25) is 0 Å². The van der Waals surface area contributed by atoms with E-state index in [0.717, 1.165) is 64.3 Å². The molecule has 2 spiro atoms. The number of ketones is 1. The number of fused-ring (bicyclic) bond motifs is 6. The molecule has 11 heteroatoms. The molecule has 0 amide bonds. The molecule has 2 N–H and O–H groups in total. The molecule has 4 bridgehead atoms. The Morgan fingerprint density at radius 2 is 1.28 bits per heavy atom. The number of thiophene rings is 2. The van der Waals surface area contributed by atoms with Crippen molar-refractivity contribution in [3.05, 3.63) is 64.0 Å². The zero-order chi connectivity index (χ0) is 36.1. The minimum Gasteiger partial charge on any atom is -0.418 e. The third kappa shape index (κ3) is 6.45. The summed E-state index contributed by atoms with van der Waals surface area (Å²) in [5.41, 5.74) is 8.73. The van der Waals surface area contributed by atoms with Crippen molar-refractivity contribution in [1.29, 1.82) is 0 Å². The minimum absolute atomic E-state index is 0. The first-order valence-corrected chi connectivity index (χ1v) is 21.7. The highest BCUT2D eigenvalue weighted by Crippen LogP contribution is 2.59. The van der Waals surface area contributed by atoms with Crippen LogP contribution in [0.5, 0.6) is 5.06 Å². The topological polar surface area (TPSA) is 75.9 Å². The van der Waals surface area contributed by atoms with Crippen molar-refractivity contribution in [1.82, 2.24) is 9.80 Å². The Hall–Kier alpha value is -2.47. The SMILES string of the molecule is Cl.N[C@@H]1C2CCN(CC2)C12CC2.O=C(C[C@@H]1C2CCN(CC2)C12CC2)c1cc2ccc(C3CC3)c(F)c2s1.O=COc1cc2ccc(C3CC3)c(F)c2s1. The first-order chi connectivity index (χ1) is 25.8. The van der Waals surface area contributed by atoms with E-state index in [2.05, 4.69) is 9.80 Å². The zero-order valence-electron chi connectivity index (χ0n) is 30.7. The fourth-order valence-corrected chi connectivity index (χ4v) is 12.8. The number of nitrogens with two attached hydrogens (primary N) is 1. The Morgan fingerprint density at radius 1 is 0.759 bits per heavy atom. The molecule has 2 aromatic carbocycles. The standard InChI is InChI=1S/C22H24FNOS.C12H9FO2S.C9H16N2.ClH/c23-20-16(13-1-2-13)4-3-15-11-19(26-21(15)20)18(25)12-17-14-5-9-24(10-6-14)22(17)7-8-22;13-11-9(7-1-2-7)4-3-8-5-10(15-6-14)16-12(8)11;10-8-7-1-5-11(6-2-7)9(8)3-4-9;/h3-4,11,13-14,17H,1-2,5-10,12H2;3-7H,1-2H2;7-8H,1-6,10H2;1H/t17-;;8-;/m1.1./s1. The number of benzene rings is 2. The lowest BCUT2D eigenvalue weighted by atomic mass is 9.70. The maximum atomic E-state index is 14.8. The summed E-state index contributed by atoms with van der Waals surface area (Å²) in [5.74, 6) is 2.92. The number of hydrogen-bond acceptors (Lipinski definition) is 8. The summed E-state index contributed by atoms with van der Waals surface area (Å²) in [6.07, 6.45) is 15.5. The lowest BCUT2D eigenvalue weighted by Gasteiger charge is -2.52. The van der Waals surface area contributed by atoms with Crippen LogP contribution in [0.3, 0.4) is 0 Å². The van der Waals surface area contributed by atoms with E-state index in [1.807, 2.05) is 30.3 Å². The maximum absolute atomic E-state index is 14.8. The van der Waals surface area contributed by atoms with Gasteiger partial charge in [0.15, 0.2) is 10.8 Å². The third-order valence-corrected chi connectivity index (χ3v) is 16.6. The largest absolute Gasteiger partial charge is 0.418 e. The van der Waals surface area contributed by atoms with Crippen LogP contribution in [-0.2, 0) is 4.79 Å². The molecule has 4 aromatic rings. The number of carbonyl (C=O) groups excluding carboxylic acids is 2. The van der Waals surface area contributed by atoms with Gasteiger partial charge in [-0.15, -0.1) is 23.7 Å². The van der Waals surface area contributed by atoms with Crippen LogP contribution >= 0.6 is 35.1 Å². The molecule has 6 aliphatic heterocycles. The van der Waals surface area contributed by atoms with Gasteiger partial charge < -0.3 is 10.5 Å². The van der Waals surface area contributed by atoms with Crippen LogP contribution in [0, 0.1) is 29.4 Å². The van der Waals surface area contributed by atoms with E-state index in [1.54, 1.807) is 6.07 Å². The second-order valence-electron chi connectivity index (χ2n) is 17.3. The van der Waals surface area contributed by atoms with Crippen LogP contribution in [0.15, 0.2) is 36.4 Å². The zero-order valence-corrected chi connectivity index (χ0v) is 33.2. The third-order valence-electron chi connectivity index (χ3n) is 14.4. The fraction of sp³-hybridized carbons (Fsp3) is 0.581. The van der Waals surface area contributed by atoms with Crippen LogP contribution in [-0.4, -0.2) is 65.4 Å². The number of hydrogen-bond donors (Lipinski definition) is 1. The van der Waals surface area contributed by atoms with Gasteiger partial charge in [0.25, 0.3) is 6.47 Å². The smallest absolute Gasteiger partial charge is 0.299 e. The maximum Gasteiger partial charge on any atom is 0.299 e. The normalized spacial score (nSPS) is 30.3. The van der Waals surface area contributed by atoms with Crippen LogP contribution in [0.2, 0.25) is 0 Å². The number of nitrogens with zero attached hydrogens (tertiary/aromatic N) is 2. The molecule has 6 nitrogen and oxygen atoms in total. The number of piperidine rings is 6. The lowest BCUT2D eigenvalue weighted by molar-refractivity contribution is -0.120. The highest BCUT2D eigenvalue weighted by molar-refractivity contribution is 7.21. The molecular formula is C43H50ClF2N3O3S2. The Bertz CT molecular complexity index is 2070. The van der Waals surface area contributed by atoms with E-state index in [-0.39, 0.29) is 29.8 Å². The molecule has 2 aromatic heterocycles. The van der Waals surface area contributed by atoms with Crippen molar-refractivity contribution in [2.45, 2.75) is 112 Å². The number of Topliss-reactive ketones (excluding diaryl/α,β-unsaturated/α-hetero) is 1. The number of ether oxygens (including phenoxy) is 1. The molecule has 0 unspecified atom stereocenters. The molecule has 10 fully saturated rings. The van der Waals surface area contributed by atoms with E-state index < -0.39 is 0 Å². The van der Waals surface area contributed by atoms with Gasteiger partial charge in [0.1, 0.15) is 11.6 Å². The molecule has 6 saturated heterocycles. The van der Waals surface area contributed by atoms with Crippen molar-refractivity contribution in [2.75, 3.05) is 26.2 Å². The molecule has 4 aliphatic carbocycles. The molecule has 14 rings (SSSR count). The van der Waals surface area contributed by atoms with E-state index in [1.165, 1.54) is 100 Å². The first-order valence-electron chi connectivity index (χ1n) is 20.1. The fourth-order valence-electron chi connectivity index (χ4n) is 10.8. The minimum atomic E-state index is -0.147. The quantitative estimate of drug-likeness (QED) is 0.148. The van der Waals surface area contributed by atoms with E-state index in [0.29, 0.717) is 62.2 Å². The predicted molar refractivity (Wildman–Crippen MR) is 214 cm³/mol. The van der Waals surface area contributed by atoms with Crippen molar-refractivity contribution >= 4 is 67.5 Å². The predicted octanol–water partition coefficient (Wildman–Crippen LogP) is 9.81. The summed E-state index contributed by atoms with van der Waals surface area (Å²) in [4.78, 5) is 29.4. The molecular weight excluding hydrogens is 744 g/mol. The van der Waals surface area contributed by atoms with Gasteiger partial charge in [-0.3, -0.25) is 19.4 Å². The monoisotopic (exact) mass is 793 g/mol. The van der Waals surface area contributed by atoms with Gasteiger partial charge >= 0.3 is 0 Å². The molecule has 54 heavy (non-hydrogen) atoms. The van der Waals surface area contributed by atoms with Crippen molar-refractivity contribution in [3.8, 4) is 5.06 Å². The van der Waals surface area contributed by atoms with Crippen LogP contribution in [0.1, 0.15) is 116 Å². The van der Waals surface area contributed by atoms with Crippen LogP contribution in [0.25, 0.3) is 20.2 Å². The summed E-state index contributed by atoms with van der Waals surface area (Å²) >= 11 is 2.56. The number of carbonyl (C=O) groups is 2. The Labute approximate surface area is 330 Å². The highest BCUT2D eigenvalue weighted by atomic mass is 35.5. The number of rotatable bonds is 7. The van der Waals surface area contributed by atoms with Gasteiger partial charge in [-0.2, -0.15) is 0 Å². The summed E-state index contributed by atoms with van der Waals surface area (Å²) in [5, 5.41) is 2.14. The Balaban J connectivity index is 0.000000117. The summed E-state index contributed by atoms with van der Waals surface area (Å²) in [6, 6.07) is 11.8.